The highest BCUT2D eigenvalue weighted by molar-refractivity contribution is 6.31. The maximum absolute atomic E-state index is 12.1. The Morgan fingerprint density at radius 2 is 2.04 bits per heavy atom. The van der Waals surface area contributed by atoms with E-state index >= 15 is 0 Å². The van der Waals surface area contributed by atoms with E-state index in [1.807, 2.05) is 25.1 Å². The number of carbonyl (C=O) groups is 2. The van der Waals surface area contributed by atoms with E-state index in [4.69, 9.17) is 16.3 Å². The Morgan fingerprint density at radius 1 is 1.26 bits per heavy atom. The van der Waals surface area contributed by atoms with Crippen molar-refractivity contribution in [1.29, 1.82) is 0 Å². The van der Waals surface area contributed by atoms with Crippen molar-refractivity contribution in [2.75, 3.05) is 6.61 Å². The molecule has 27 heavy (non-hydrogen) atoms. The van der Waals surface area contributed by atoms with Gasteiger partial charge in [-0.05, 0) is 25.5 Å². The molecule has 0 atom stereocenters. The standard InChI is InChI=1S/C18H18ClN5O3/c1-11-14(12(2)24-18(23-11)21-10-22-24)7-17(26)27-9-16(25)20-8-13-5-3-4-6-15(13)19/h3-6,10H,7-9H2,1-2H3,(H,20,25). The lowest BCUT2D eigenvalue weighted by atomic mass is 10.1. The van der Waals surface area contributed by atoms with Crippen molar-refractivity contribution in [1.82, 2.24) is 24.9 Å². The van der Waals surface area contributed by atoms with E-state index < -0.39 is 11.9 Å². The van der Waals surface area contributed by atoms with Gasteiger partial charge in [-0.25, -0.2) is 9.50 Å². The van der Waals surface area contributed by atoms with Crippen molar-refractivity contribution < 1.29 is 14.3 Å². The van der Waals surface area contributed by atoms with Crippen LogP contribution in [-0.2, 0) is 27.3 Å². The fraction of sp³-hybridized carbons (Fsp3) is 0.278. The summed E-state index contributed by atoms with van der Waals surface area (Å²) in [6.07, 6.45) is 1.40. The van der Waals surface area contributed by atoms with Gasteiger partial charge in [-0.1, -0.05) is 29.8 Å². The van der Waals surface area contributed by atoms with Gasteiger partial charge in [-0.3, -0.25) is 9.59 Å². The summed E-state index contributed by atoms with van der Waals surface area (Å²) in [5.41, 5.74) is 2.93. The lowest BCUT2D eigenvalue weighted by Gasteiger charge is -2.11. The molecule has 0 aliphatic carbocycles. The average molecular weight is 388 g/mol. The number of rotatable bonds is 6. The molecule has 2 aromatic heterocycles. The average Bonchev–Trinajstić information content (AvgIpc) is 3.11. The first kappa shape index (κ1) is 18.8. The molecule has 2 heterocycles. The van der Waals surface area contributed by atoms with Gasteiger partial charge in [0.2, 0.25) is 0 Å². The zero-order valence-electron chi connectivity index (χ0n) is 14.9. The smallest absolute Gasteiger partial charge is 0.310 e. The zero-order chi connectivity index (χ0) is 19.4. The van der Waals surface area contributed by atoms with Crippen molar-refractivity contribution in [3.8, 4) is 0 Å². The molecular weight excluding hydrogens is 370 g/mol. The lowest BCUT2D eigenvalue weighted by Crippen LogP contribution is -2.29. The number of ether oxygens (including phenoxy) is 1. The zero-order valence-corrected chi connectivity index (χ0v) is 15.7. The summed E-state index contributed by atoms with van der Waals surface area (Å²) in [6, 6.07) is 7.20. The molecule has 1 aromatic carbocycles. The summed E-state index contributed by atoms with van der Waals surface area (Å²) >= 11 is 6.03. The summed E-state index contributed by atoms with van der Waals surface area (Å²) in [7, 11) is 0. The molecule has 0 saturated carbocycles. The minimum atomic E-state index is -0.518. The first-order valence-corrected chi connectivity index (χ1v) is 8.65. The molecule has 0 fully saturated rings. The van der Waals surface area contributed by atoms with Crippen molar-refractivity contribution in [2.24, 2.45) is 0 Å². The van der Waals surface area contributed by atoms with Gasteiger partial charge in [0.1, 0.15) is 6.33 Å². The number of hydrogen-bond acceptors (Lipinski definition) is 6. The van der Waals surface area contributed by atoms with E-state index in [-0.39, 0.29) is 19.6 Å². The van der Waals surface area contributed by atoms with Crippen LogP contribution < -0.4 is 5.32 Å². The Bertz CT molecular complexity index is 1000. The molecule has 9 heteroatoms. The van der Waals surface area contributed by atoms with Crippen LogP contribution in [-0.4, -0.2) is 38.1 Å². The van der Waals surface area contributed by atoms with E-state index in [1.165, 1.54) is 6.33 Å². The van der Waals surface area contributed by atoms with Gasteiger partial charge in [0.15, 0.2) is 6.61 Å². The van der Waals surface area contributed by atoms with Crippen molar-refractivity contribution in [3.63, 3.8) is 0 Å². The highest BCUT2D eigenvalue weighted by Crippen LogP contribution is 2.15. The van der Waals surface area contributed by atoms with Crippen LogP contribution in [0.15, 0.2) is 30.6 Å². The Morgan fingerprint density at radius 3 is 2.81 bits per heavy atom. The van der Waals surface area contributed by atoms with Crippen LogP contribution in [0.4, 0.5) is 0 Å². The second kappa shape index (κ2) is 8.13. The number of halogens is 1. The predicted molar refractivity (Wildman–Crippen MR) is 98.2 cm³/mol. The van der Waals surface area contributed by atoms with Crippen molar-refractivity contribution >= 4 is 29.3 Å². The lowest BCUT2D eigenvalue weighted by molar-refractivity contribution is -0.147. The number of aromatic nitrogens is 4. The molecule has 0 unspecified atom stereocenters. The topological polar surface area (TPSA) is 98.5 Å². The number of carbonyl (C=O) groups excluding carboxylic acids is 2. The largest absolute Gasteiger partial charge is 0.455 e. The minimum absolute atomic E-state index is 0.00173. The first-order chi connectivity index (χ1) is 13.0. The number of nitrogens with zero attached hydrogens (tertiary/aromatic N) is 4. The van der Waals surface area contributed by atoms with Crippen LogP contribution >= 0.6 is 11.6 Å². The predicted octanol–water partition coefficient (Wildman–Crippen LogP) is 1.80. The molecule has 1 amide bonds. The molecular formula is C18H18ClN5O3. The maximum Gasteiger partial charge on any atom is 0.310 e. The number of nitrogens with one attached hydrogen (secondary N) is 1. The molecule has 3 rings (SSSR count). The number of benzene rings is 1. The third-order valence-electron chi connectivity index (χ3n) is 4.11. The third-order valence-corrected chi connectivity index (χ3v) is 4.48. The van der Waals surface area contributed by atoms with Crippen LogP contribution in [0, 0.1) is 13.8 Å². The molecule has 0 bridgehead atoms. The Kier molecular flexibility index (Phi) is 5.66. The molecule has 1 N–H and O–H groups in total. The molecule has 140 valence electrons. The van der Waals surface area contributed by atoms with Crippen LogP contribution in [0.5, 0.6) is 0 Å². The number of fused-ring (bicyclic) bond motifs is 1. The highest BCUT2D eigenvalue weighted by Gasteiger charge is 2.16. The Labute approximate surface area is 160 Å². The second-order valence-corrected chi connectivity index (χ2v) is 6.35. The Balaban J connectivity index is 1.54. The minimum Gasteiger partial charge on any atom is -0.455 e. The molecule has 0 radical (unpaired) electrons. The maximum atomic E-state index is 12.1. The quantitative estimate of drug-likeness (QED) is 0.647. The van der Waals surface area contributed by atoms with E-state index in [2.05, 4.69) is 20.4 Å². The van der Waals surface area contributed by atoms with E-state index in [1.54, 1.807) is 17.5 Å². The number of amides is 1. The molecule has 0 saturated heterocycles. The van der Waals surface area contributed by atoms with Gasteiger partial charge >= 0.3 is 5.97 Å². The normalized spacial score (nSPS) is 10.8. The Hall–Kier alpha value is -3.00. The van der Waals surface area contributed by atoms with Gasteiger partial charge in [0, 0.05) is 28.5 Å². The van der Waals surface area contributed by atoms with Crippen LogP contribution in [0.3, 0.4) is 0 Å². The molecule has 3 aromatic rings. The number of aryl methyl sites for hydroxylation is 2. The van der Waals surface area contributed by atoms with Gasteiger partial charge in [-0.15, -0.1) is 0 Å². The fourth-order valence-corrected chi connectivity index (χ4v) is 2.84. The molecule has 0 spiro atoms. The number of hydrogen-bond donors (Lipinski definition) is 1. The fourth-order valence-electron chi connectivity index (χ4n) is 2.64. The summed E-state index contributed by atoms with van der Waals surface area (Å²) in [4.78, 5) is 32.4. The van der Waals surface area contributed by atoms with Crippen LogP contribution in [0.25, 0.3) is 5.78 Å². The number of esters is 1. The van der Waals surface area contributed by atoms with Crippen molar-refractivity contribution in [2.45, 2.75) is 26.8 Å². The molecule has 8 nitrogen and oxygen atoms in total. The van der Waals surface area contributed by atoms with Gasteiger partial charge in [-0.2, -0.15) is 10.1 Å². The van der Waals surface area contributed by atoms with Crippen LogP contribution in [0.2, 0.25) is 5.02 Å². The third kappa shape index (κ3) is 4.40. The van der Waals surface area contributed by atoms with Crippen LogP contribution in [0.1, 0.15) is 22.5 Å². The summed E-state index contributed by atoms with van der Waals surface area (Å²) in [6.45, 7) is 3.53. The first-order valence-electron chi connectivity index (χ1n) is 8.27. The second-order valence-electron chi connectivity index (χ2n) is 5.94. The van der Waals surface area contributed by atoms with E-state index in [9.17, 15) is 9.59 Å². The van der Waals surface area contributed by atoms with E-state index in [0.717, 1.165) is 11.3 Å². The van der Waals surface area contributed by atoms with Gasteiger partial charge in [0.25, 0.3) is 11.7 Å². The summed E-state index contributed by atoms with van der Waals surface area (Å²) < 4.78 is 6.63. The summed E-state index contributed by atoms with van der Waals surface area (Å²) in [5.74, 6) is -0.446. The highest BCUT2D eigenvalue weighted by atomic mass is 35.5. The van der Waals surface area contributed by atoms with Gasteiger partial charge < -0.3 is 10.1 Å². The SMILES string of the molecule is Cc1nc2ncnn2c(C)c1CC(=O)OCC(=O)NCc1ccccc1Cl. The molecule has 0 aliphatic rings. The van der Waals surface area contributed by atoms with E-state index in [0.29, 0.717) is 22.1 Å². The van der Waals surface area contributed by atoms with Gasteiger partial charge in [0.05, 0.1) is 6.42 Å². The van der Waals surface area contributed by atoms with Crippen molar-refractivity contribution in [3.05, 3.63) is 58.1 Å². The summed E-state index contributed by atoms with van der Waals surface area (Å²) in [5, 5.41) is 7.31. The molecule has 0 aliphatic heterocycles. The monoisotopic (exact) mass is 387 g/mol.